The lowest BCUT2D eigenvalue weighted by molar-refractivity contribution is -0.167. The number of alkyl halides is 3. The van der Waals surface area contributed by atoms with Gasteiger partial charge in [-0.3, -0.25) is 9.59 Å². The highest BCUT2D eigenvalue weighted by Crippen LogP contribution is 2.48. The Morgan fingerprint density at radius 3 is 2.44 bits per heavy atom. The Kier molecular flexibility index (Phi) is 3.68. The second kappa shape index (κ2) is 4.24. The highest BCUT2D eigenvalue weighted by Gasteiger charge is 2.58. The van der Waals surface area contributed by atoms with Gasteiger partial charge in [0.25, 0.3) is 0 Å². The maximum atomic E-state index is 11.5. The van der Waals surface area contributed by atoms with Crippen molar-refractivity contribution in [2.45, 2.75) is 36.1 Å². The molecule has 0 saturated carbocycles. The topological polar surface area (TPSA) is 63.6 Å². The molecule has 0 spiro atoms. The standard InChI is InChI=1S/C9H11Cl3O4/c1-8(2)5(10)6(15)16-9(12,7(8)11)3-4(13)14/h5,7H,3H2,1-2H3,(H,13,14). The van der Waals surface area contributed by atoms with E-state index in [0.29, 0.717) is 0 Å². The molecule has 0 bridgehead atoms. The van der Waals surface area contributed by atoms with Crippen molar-refractivity contribution in [1.82, 2.24) is 0 Å². The Hall–Kier alpha value is -0.190. The normalized spacial score (nSPS) is 37.9. The second-order valence-electron chi connectivity index (χ2n) is 4.32. The van der Waals surface area contributed by atoms with E-state index in [1.807, 2.05) is 0 Å². The number of ether oxygens (including phenoxy) is 1. The summed E-state index contributed by atoms with van der Waals surface area (Å²) in [5.74, 6) is -1.95. The molecule has 1 rings (SSSR count). The lowest BCUT2D eigenvalue weighted by Crippen LogP contribution is -2.58. The molecule has 1 N–H and O–H groups in total. The van der Waals surface area contributed by atoms with Crippen LogP contribution in [-0.4, -0.2) is 32.9 Å². The fourth-order valence-corrected chi connectivity index (χ4v) is 2.54. The van der Waals surface area contributed by atoms with Crippen LogP contribution in [0.25, 0.3) is 0 Å². The van der Waals surface area contributed by atoms with Crippen LogP contribution in [0.1, 0.15) is 20.3 Å². The molecular formula is C9H11Cl3O4. The van der Waals surface area contributed by atoms with Crippen LogP contribution in [0.4, 0.5) is 0 Å². The van der Waals surface area contributed by atoms with E-state index in [2.05, 4.69) is 0 Å². The molecule has 1 aliphatic rings. The molecule has 1 aliphatic heterocycles. The largest absolute Gasteiger partial charge is 0.481 e. The molecular weight excluding hydrogens is 278 g/mol. The van der Waals surface area contributed by atoms with E-state index >= 15 is 0 Å². The van der Waals surface area contributed by atoms with Crippen molar-refractivity contribution in [2.24, 2.45) is 5.41 Å². The van der Waals surface area contributed by atoms with Gasteiger partial charge in [0.2, 0.25) is 5.06 Å². The van der Waals surface area contributed by atoms with Crippen molar-refractivity contribution in [3.8, 4) is 0 Å². The predicted octanol–water partition coefficient (Wildman–Crippen LogP) is 2.19. The summed E-state index contributed by atoms with van der Waals surface area (Å²) in [6.45, 7) is 3.28. The van der Waals surface area contributed by atoms with Gasteiger partial charge in [-0.05, 0) is 0 Å². The van der Waals surface area contributed by atoms with Crippen molar-refractivity contribution in [3.63, 3.8) is 0 Å². The summed E-state index contributed by atoms with van der Waals surface area (Å²) in [6, 6.07) is 0. The van der Waals surface area contributed by atoms with E-state index in [9.17, 15) is 9.59 Å². The number of cyclic esters (lactones) is 1. The van der Waals surface area contributed by atoms with Crippen molar-refractivity contribution in [1.29, 1.82) is 0 Å². The quantitative estimate of drug-likeness (QED) is 0.625. The van der Waals surface area contributed by atoms with Gasteiger partial charge >= 0.3 is 11.9 Å². The third-order valence-corrected chi connectivity index (χ3v) is 4.75. The van der Waals surface area contributed by atoms with E-state index in [1.54, 1.807) is 13.8 Å². The smallest absolute Gasteiger partial charge is 0.326 e. The van der Waals surface area contributed by atoms with Gasteiger partial charge in [0.15, 0.2) is 0 Å². The zero-order valence-electron chi connectivity index (χ0n) is 8.67. The molecule has 7 heteroatoms. The van der Waals surface area contributed by atoms with E-state index in [0.717, 1.165) is 0 Å². The molecule has 16 heavy (non-hydrogen) atoms. The van der Waals surface area contributed by atoms with Crippen LogP contribution in [0.15, 0.2) is 0 Å². The molecule has 3 atom stereocenters. The Balaban J connectivity index is 3.06. The fraction of sp³-hybridized carbons (Fsp3) is 0.778. The Bertz CT molecular complexity index is 331. The summed E-state index contributed by atoms with van der Waals surface area (Å²) >= 11 is 17.9. The first kappa shape index (κ1) is 13.9. The first-order valence-corrected chi connectivity index (χ1v) is 5.78. The molecule has 1 heterocycles. The first-order valence-electron chi connectivity index (χ1n) is 4.53. The van der Waals surface area contributed by atoms with Gasteiger partial charge in [-0.25, -0.2) is 0 Å². The monoisotopic (exact) mass is 288 g/mol. The summed E-state index contributed by atoms with van der Waals surface area (Å²) in [7, 11) is 0. The Labute approximate surface area is 108 Å². The average Bonchev–Trinajstić information content (AvgIpc) is 2.11. The summed E-state index contributed by atoms with van der Waals surface area (Å²) < 4.78 is 4.83. The average molecular weight is 290 g/mol. The van der Waals surface area contributed by atoms with Crippen molar-refractivity contribution in [3.05, 3.63) is 0 Å². The van der Waals surface area contributed by atoms with Gasteiger partial charge in [-0.1, -0.05) is 25.4 Å². The number of carboxylic acid groups (broad SMARTS) is 1. The summed E-state index contributed by atoms with van der Waals surface area (Å²) in [5, 5.41) is 5.11. The number of esters is 1. The van der Waals surface area contributed by atoms with Crippen LogP contribution < -0.4 is 0 Å². The second-order valence-corrected chi connectivity index (χ2v) is 5.84. The highest BCUT2D eigenvalue weighted by molar-refractivity contribution is 6.37. The van der Waals surface area contributed by atoms with Gasteiger partial charge < -0.3 is 9.84 Å². The van der Waals surface area contributed by atoms with E-state index in [-0.39, 0.29) is 0 Å². The number of halogens is 3. The van der Waals surface area contributed by atoms with Gasteiger partial charge in [0.05, 0.1) is 5.38 Å². The lowest BCUT2D eigenvalue weighted by Gasteiger charge is -2.46. The molecule has 1 saturated heterocycles. The summed E-state index contributed by atoms with van der Waals surface area (Å²) in [5.41, 5.74) is -0.852. The molecule has 0 aromatic rings. The first-order chi connectivity index (χ1) is 7.11. The SMILES string of the molecule is CC1(C)C(Cl)C(=O)OC(Cl)(CC(=O)O)C1Cl. The Morgan fingerprint density at radius 1 is 1.50 bits per heavy atom. The van der Waals surface area contributed by atoms with Crippen molar-refractivity contribution in [2.75, 3.05) is 0 Å². The van der Waals surface area contributed by atoms with Crippen LogP contribution in [0.5, 0.6) is 0 Å². The van der Waals surface area contributed by atoms with Crippen LogP contribution in [0.2, 0.25) is 0 Å². The van der Waals surface area contributed by atoms with E-state index in [1.165, 1.54) is 0 Å². The van der Waals surface area contributed by atoms with Crippen LogP contribution in [-0.2, 0) is 14.3 Å². The van der Waals surface area contributed by atoms with Crippen LogP contribution in [0, 0.1) is 5.41 Å². The molecule has 0 aromatic heterocycles. The number of aliphatic carboxylic acids is 1. The van der Waals surface area contributed by atoms with Gasteiger partial charge in [0, 0.05) is 5.41 Å². The predicted molar refractivity (Wildman–Crippen MR) is 60.0 cm³/mol. The molecule has 0 amide bonds. The molecule has 0 aromatic carbocycles. The molecule has 0 radical (unpaired) electrons. The van der Waals surface area contributed by atoms with Gasteiger partial charge in [0.1, 0.15) is 11.8 Å². The third-order valence-electron chi connectivity index (χ3n) is 2.55. The van der Waals surface area contributed by atoms with Crippen molar-refractivity contribution >= 4 is 46.7 Å². The minimum absolute atomic E-state index is 0.568. The van der Waals surface area contributed by atoms with Crippen molar-refractivity contribution < 1.29 is 19.4 Å². The molecule has 92 valence electrons. The van der Waals surface area contributed by atoms with Crippen LogP contribution in [0.3, 0.4) is 0 Å². The summed E-state index contributed by atoms with van der Waals surface area (Å²) in [4.78, 5) is 22.1. The molecule has 4 nitrogen and oxygen atoms in total. The Morgan fingerprint density at radius 2 is 2.00 bits per heavy atom. The number of rotatable bonds is 2. The number of hydrogen-bond acceptors (Lipinski definition) is 3. The van der Waals surface area contributed by atoms with E-state index < -0.39 is 39.6 Å². The zero-order valence-corrected chi connectivity index (χ0v) is 10.9. The maximum absolute atomic E-state index is 11.5. The fourth-order valence-electron chi connectivity index (χ4n) is 1.59. The van der Waals surface area contributed by atoms with E-state index in [4.69, 9.17) is 44.6 Å². The molecule has 1 fully saturated rings. The maximum Gasteiger partial charge on any atom is 0.326 e. The third kappa shape index (κ3) is 2.24. The minimum atomic E-state index is -1.75. The zero-order chi connectivity index (χ0) is 12.7. The number of carbonyl (C=O) groups excluding carboxylic acids is 1. The number of carbonyl (C=O) groups is 2. The molecule has 0 aliphatic carbocycles. The lowest BCUT2D eigenvalue weighted by atomic mass is 9.79. The number of hydrogen-bond donors (Lipinski definition) is 1. The number of carboxylic acids is 1. The van der Waals surface area contributed by atoms with Gasteiger partial charge in [-0.2, -0.15) is 0 Å². The minimum Gasteiger partial charge on any atom is -0.481 e. The highest BCUT2D eigenvalue weighted by atomic mass is 35.5. The van der Waals surface area contributed by atoms with Crippen LogP contribution >= 0.6 is 34.8 Å². The summed E-state index contributed by atoms with van der Waals surface area (Å²) in [6.07, 6.45) is -0.568. The van der Waals surface area contributed by atoms with Gasteiger partial charge in [-0.15, -0.1) is 23.2 Å². The molecule has 3 unspecified atom stereocenters.